The second-order valence-corrected chi connectivity index (χ2v) is 5.79. The van der Waals surface area contributed by atoms with Gasteiger partial charge in [0.25, 0.3) is 0 Å². The van der Waals surface area contributed by atoms with E-state index in [0.717, 1.165) is 23.8 Å². The molecule has 0 fully saturated rings. The Balaban J connectivity index is 2.22. The van der Waals surface area contributed by atoms with Crippen molar-refractivity contribution in [3.05, 3.63) is 96.1 Å². The van der Waals surface area contributed by atoms with Gasteiger partial charge >= 0.3 is 6.18 Å². The monoisotopic (exact) mass is 392 g/mol. The Bertz CT molecular complexity index is 835. The number of ether oxygens (including phenoxy) is 1. The van der Waals surface area contributed by atoms with Crippen molar-refractivity contribution in [3.8, 4) is 0 Å². The second-order valence-electron chi connectivity index (χ2n) is 5.79. The minimum absolute atomic E-state index is 0.0241. The molecule has 0 amide bonds. The minimum atomic E-state index is -4.37. The first kappa shape index (κ1) is 21.4. The van der Waals surface area contributed by atoms with Gasteiger partial charge in [-0.25, -0.2) is 4.39 Å². The molecule has 148 valence electrons. The molecule has 0 aliphatic rings. The molecular formula is C21H20F4N2O. The van der Waals surface area contributed by atoms with Crippen LogP contribution < -0.4 is 0 Å². The Kier molecular flexibility index (Phi) is 7.95. The summed E-state index contributed by atoms with van der Waals surface area (Å²) in [5, 5.41) is 6.44. The number of halogens is 4. The average molecular weight is 392 g/mol. The molecule has 0 aliphatic heterocycles. The molecule has 0 saturated heterocycles. The van der Waals surface area contributed by atoms with Crippen LogP contribution in [0.25, 0.3) is 5.57 Å². The molecule has 0 atom stereocenters. The number of nitrogens with one attached hydrogen (secondary N) is 1. The lowest BCUT2D eigenvalue weighted by Crippen LogP contribution is -2.04. The summed E-state index contributed by atoms with van der Waals surface area (Å²) in [5.41, 5.74) is 1.83. The minimum Gasteiger partial charge on any atom is -0.373 e. The highest BCUT2D eigenvalue weighted by molar-refractivity contribution is 5.82. The van der Waals surface area contributed by atoms with Gasteiger partial charge in [0.2, 0.25) is 0 Å². The largest absolute Gasteiger partial charge is 0.392 e. The first-order valence-corrected chi connectivity index (χ1v) is 8.47. The predicted octanol–water partition coefficient (Wildman–Crippen LogP) is 5.93. The van der Waals surface area contributed by atoms with Gasteiger partial charge in [-0.2, -0.15) is 18.3 Å². The van der Waals surface area contributed by atoms with Crippen molar-refractivity contribution in [1.82, 2.24) is 10.2 Å². The van der Waals surface area contributed by atoms with Gasteiger partial charge in [0.05, 0.1) is 25.8 Å². The van der Waals surface area contributed by atoms with Crippen molar-refractivity contribution in [2.45, 2.75) is 19.2 Å². The normalized spacial score (nSPS) is 13.6. The third-order valence-corrected chi connectivity index (χ3v) is 3.69. The third-order valence-electron chi connectivity index (χ3n) is 3.69. The van der Waals surface area contributed by atoms with Crippen LogP contribution in [0.1, 0.15) is 17.5 Å². The molecule has 0 spiro atoms. The first-order chi connectivity index (χ1) is 13.4. The van der Waals surface area contributed by atoms with E-state index in [4.69, 9.17) is 4.74 Å². The lowest BCUT2D eigenvalue weighted by atomic mass is 9.98. The van der Waals surface area contributed by atoms with E-state index in [1.807, 2.05) is 30.3 Å². The Morgan fingerprint density at radius 1 is 1.21 bits per heavy atom. The number of hydrogen-bond donors (Lipinski definition) is 1. The molecule has 2 rings (SSSR count). The van der Waals surface area contributed by atoms with Crippen molar-refractivity contribution in [2.75, 3.05) is 6.61 Å². The van der Waals surface area contributed by atoms with Crippen LogP contribution >= 0.6 is 0 Å². The first-order valence-electron chi connectivity index (χ1n) is 8.47. The lowest BCUT2D eigenvalue weighted by Gasteiger charge is -2.10. The van der Waals surface area contributed by atoms with E-state index in [9.17, 15) is 17.6 Å². The molecule has 1 heterocycles. The summed E-state index contributed by atoms with van der Waals surface area (Å²) in [5.74, 6) is -0.742. The van der Waals surface area contributed by atoms with Crippen LogP contribution in [0.4, 0.5) is 17.6 Å². The quantitative estimate of drug-likeness (QED) is 0.326. The van der Waals surface area contributed by atoms with Crippen LogP contribution in [0.5, 0.6) is 0 Å². The van der Waals surface area contributed by atoms with Gasteiger partial charge in [0, 0.05) is 17.3 Å². The summed E-state index contributed by atoms with van der Waals surface area (Å²) in [6, 6.07) is 9.48. The Morgan fingerprint density at radius 3 is 2.57 bits per heavy atom. The molecular weight excluding hydrogens is 372 g/mol. The number of H-pyrrole nitrogens is 1. The number of hydrogen-bond acceptors (Lipinski definition) is 2. The fourth-order valence-electron chi connectivity index (χ4n) is 2.39. The van der Waals surface area contributed by atoms with Gasteiger partial charge < -0.3 is 4.74 Å². The highest BCUT2D eigenvalue weighted by Gasteiger charge is 2.24. The summed E-state index contributed by atoms with van der Waals surface area (Å²) < 4.78 is 57.3. The van der Waals surface area contributed by atoms with Gasteiger partial charge in [-0.05, 0) is 17.2 Å². The number of aromatic amines is 1. The second kappa shape index (κ2) is 10.4. The Morgan fingerprint density at radius 2 is 1.96 bits per heavy atom. The highest BCUT2D eigenvalue weighted by Crippen LogP contribution is 2.29. The maximum Gasteiger partial charge on any atom is 0.392 e. The van der Waals surface area contributed by atoms with Crippen LogP contribution in [-0.4, -0.2) is 23.0 Å². The molecule has 3 nitrogen and oxygen atoms in total. The zero-order valence-electron chi connectivity index (χ0n) is 15.0. The van der Waals surface area contributed by atoms with Crippen molar-refractivity contribution >= 4 is 5.57 Å². The standard InChI is InChI=1S/C21H20F4N2O/c1-2-20(22)19(9-6-11-21(23,24)25)18(17-13-26-27-14-17)10-12-28-15-16-7-4-3-5-8-16/h2-10,13-14H,1,11-12,15H2,(H,26,27)/b9-6-,18-10+,20-19-. The molecule has 7 heteroatoms. The van der Waals surface area contributed by atoms with Crippen LogP contribution in [0.2, 0.25) is 0 Å². The lowest BCUT2D eigenvalue weighted by molar-refractivity contribution is -0.125. The Hall–Kier alpha value is -2.93. The van der Waals surface area contributed by atoms with E-state index >= 15 is 0 Å². The zero-order chi connectivity index (χ0) is 20.4. The SMILES string of the molecule is C=C/C(F)=C(\C=C/CC(F)(F)F)C(=C/COCc1ccccc1)/c1cn[nH]c1. The smallest absolute Gasteiger partial charge is 0.373 e. The van der Waals surface area contributed by atoms with E-state index in [-0.39, 0.29) is 12.2 Å². The Labute approximate surface area is 160 Å². The molecule has 1 N–H and O–H groups in total. The molecule has 0 unspecified atom stereocenters. The fraction of sp³-hybridized carbons (Fsp3) is 0.190. The maximum absolute atomic E-state index is 14.3. The maximum atomic E-state index is 14.3. The summed E-state index contributed by atoms with van der Waals surface area (Å²) in [6.45, 7) is 3.85. The van der Waals surface area contributed by atoms with Crippen LogP contribution in [-0.2, 0) is 11.3 Å². The van der Waals surface area contributed by atoms with Gasteiger partial charge in [0.15, 0.2) is 0 Å². The number of benzene rings is 1. The molecule has 0 radical (unpaired) electrons. The van der Waals surface area contributed by atoms with Crippen molar-refractivity contribution < 1.29 is 22.3 Å². The molecule has 1 aromatic heterocycles. The van der Waals surface area contributed by atoms with Crippen molar-refractivity contribution in [2.24, 2.45) is 0 Å². The van der Waals surface area contributed by atoms with E-state index in [1.165, 1.54) is 12.4 Å². The van der Waals surface area contributed by atoms with E-state index in [2.05, 4.69) is 16.8 Å². The predicted molar refractivity (Wildman–Crippen MR) is 101 cm³/mol. The molecule has 28 heavy (non-hydrogen) atoms. The average Bonchev–Trinajstić information content (AvgIpc) is 3.20. The number of allylic oxidation sites excluding steroid dienone is 6. The van der Waals surface area contributed by atoms with Gasteiger partial charge in [-0.1, -0.05) is 55.1 Å². The van der Waals surface area contributed by atoms with Crippen LogP contribution in [0.3, 0.4) is 0 Å². The van der Waals surface area contributed by atoms with Crippen LogP contribution in [0.15, 0.2) is 85.0 Å². The number of rotatable bonds is 9. The molecule has 0 saturated carbocycles. The van der Waals surface area contributed by atoms with Crippen LogP contribution in [0, 0.1) is 0 Å². The molecule has 0 aliphatic carbocycles. The van der Waals surface area contributed by atoms with E-state index in [1.54, 1.807) is 6.08 Å². The number of nitrogens with zero attached hydrogens (tertiary/aromatic N) is 1. The van der Waals surface area contributed by atoms with Gasteiger partial charge in [-0.3, -0.25) is 5.10 Å². The molecule has 1 aromatic carbocycles. The topological polar surface area (TPSA) is 37.9 Å². The van der Waals surface area contributed by atoms with Crippen molar-refractivity contribution in [1.29, 1.82) is 0 Å². The van der Waals surface area contributed by atoms with E-state index in [0.29, 0.717) is 17.7 Å². The van der Waals surface area contributed by atoms with Gasteiger partial charge in [0.1, 0.15) is 5.83 Å². The fourth-order valence-corrected chi connectivity index (χ4v) is 2.39. The highest BCUT2D eigenvalue weighted by atomic mass is 19.4. The third kappa shape index (κ3) is 7.00. The summed E-state index contributed by atoms with van der Waals surface area (Å²) in [7, 11) is 0. The molecule has 0 bridgehead atoms. The van der Waals surface area contributed by atoms with E-state index < -0.39 is 18.4 Å². The summed E-state index contributed by atoms with van der Waals surface area (Å²) in [6.07, 6.45) is 1.97. The number of aromatic nitrogens is 2. The van der Waals surface area contributed by atoms with Gasteiger partial charge in [-0.15, -0.1) is 0 Å². The van der Waals surface area contributed by atoms with Crippen molar-refractivity contribution in [3.63, 3.8) is 0 Å². The molecule has 2 aromatic rings. The summed E-state index contributed by atoms with van der Waals surface area (Å²) in [4.78, 5) is 0. The number of alkyl halides is 3. The summed E-state index contributed by atoms with van der Waals surface area (Å²) >= 11 is 0. The zero-order valence-corrected chi connectivity index (χ0v) is 15.0.